The maximum atomic E-state index is 10.8. The molecule has 0 saturated heterocycles. The predicted octanol–water partition coefficient (Wildman–Crippen LogP) is 6.18. The largest absolute Gasteiger partial charge is 0.545 e. The second-order valence-electron chi connectivity index (χ2n) is 8.97. The Morgan fingerprint density at radius 3 is 1.86 bits per heavy atom. The Morgan fingerprint density at radius 1 is 0.757 bits per heavy atom. The van der Waals surface area contributed by atoms with E-state index in [9.17, 15) is 9.90 Å². The summed E-state index contributed by atoms with van der Waals surface area (Å²) in [6.07, 6.45) is 13.6. The van der Waals surface area contributed by atoms with E-state index in [0.717, 1.165) is 69.1 Å². The summed E-state index contributed by atoms with van der Waals surface area (Å²) in [6, 6.07) is 6.37. The Hall–Kier alpha value is -1.87. The minimum Gasteiger partial charge on any atom is -0.545 e. The summed E-state index contributed by atoms with van der Waals surface area (Å²) in [6.45, 7) is 11.3. The Labute approximate surface area is 225 Å². The molecule has 0 aliphatic heterocycles. The molecule has 0 unspecified atom stereocenters. The van der Waals surface area contributed by atoms with E-state index in [1.54, 1.807) is 0 Å². The summed E-state index contributed by atoms with van der Waals surface area (Å²) in [5.74, 6) is 0.133. The van der Waals surface area contributed by atoms with Crippen molar-refractivity contribution in [3.8, 4) is 11.5 Å². The van der Waals surface area contributed by atoms with Crippen molar-refractivity contribution < 1.29 is 32.7 Å². The van der Waals surface area contributed by atoms with Crippen LogP contribution in [0.1, 0.15) is 97.5 Å². The van der Waals surface area contributed by atoms with E-state index >= 15 is 0 Å². The van der Waals surface area contributed by atoms with Gasteiger partial charge in [0.1, 0.15) is 0 Å². The van der Waals surface area contributed by atoms with Gasteiger partial charge in [-0.05, 0) is 63.8 Å². The second kappa shape index (κ2) is 21.1. The molecule has 0 aliphatic rings. The van der Waals surface area contributed by atoms with Gasteiger partial charge in [-0.15, -0.1) is 0 Å². The van der Waals surface area contributed by atoms with Gasteiger partial charge in [0.2, 0.25) is 0 Å². The van der Waals surface area contributed by atoms with Gasteiger partial charge in [-0.3, -0.25) is 0 Å². The number of carbonyl (C=O) groups excluding carboxylic acids is 1. The third kappa shape index (κ3) is 15.2. The van der Waals surface area contributed by atoms with Gasteiger partial charge >= 0.3 is 8.80 Å². The van der Waals surface area contributed by atoms with Crippen LogP contribution in [0.2, 0.25) is 6.04 Å². The Balaban J connectivity index is 2.43. The van der Waals surface area contributed by atoms with Crippen LogP contribution in [0.4, 0.5) is 0 Å². The lowest BCUT2D eigenvalue weighted by atomic mass is 10.1. The molecule has 37 heavy (non-hydrogen) atoms. The van der Waals surface area contributed by atoms with Crippen LogP contribution in [-0.4, -0.2) is 47.8 Å². The van der Waals surface area contributed by atoms with Crippen LogP contribution in [0.3, 0.4) is 0 Å². The van der Waals surface area contributed by atoms with Crippen molar-refractivity contribution in [1.82, 2.24) is 0 Å². The summed E-state index contributed by atoms with van der Waals surface area (Å²) in [5.41, 5.74) is 0.739. The number of hydrogen-bond acceptors (Lipinski definition) is 7. The van der Waals surface area contributed by atoms with Crippen LogP contribution in [-0.2, 0) is 18.1 Å². The van der Waals surface area contributed by atoms with Gasteiger partial charge in [-0.25, -0.2) is 0 Å². The molecule has 0 atom stereocenters. The lowest BCUT2D eigenvalue weighted by Crippen LogP contribution is -2.45. The zero-order valence-corrected chi connectivity index (χ0v) is 24.6. The van der Waals surface area contributed by atoms with E-state index in [1.807, 2.05) is 39.0 Å². The zero-order chi connectivity index (χ0) is 27.2. The summed E-state index contributed by atoms with van der Waals surface area (Å²) < 4.78 is 29.8. The van der Waals surface area contributed by atoms with Gasteiger partial charge in [0.15, 0.2) is 11.5 Å². The number of aliphatic carboxylic acids is 1. The topological polar surface area (TPSA) is 86.3 Å². The molecule has 0 aromatic heterocycles. The van der Waals surface area contributed by atoms with E-state index in [0.29, 0.717) is 44.5 Å². The molecule has 0 saturated carbocycles. The van der Waals surface area contributed by atoms with Crippen LogP contribution < -0.4 is 14.6 Å². The third-order valence-corrected chi connectivity index (χ3v) is 9.01. The Bertz CT molecular complexity index is 737. The van der Waals surface area contributed by atoms with Crippen molar-refractivity contribution in [1.29, 1.82) is 0 Å². The number of hydrogen-bond donors (Lipinski definition) is 0. The van der Waals surface area contributed by atoms with Crippen LogP contribution >= 0.6 is 0 Å². The highest BCUT2D eigenvalue weighted by Gasteiger charge is 2.39. The number of unbranched alkanes of at least 4 members (excludes halogenated alkanes) is 8. The van der Waals surface area contributed by atoms with Gasteiger partial charge in [-0.1, -0.05) is 64.0 Å². The van der Waals surface area contributed by atoms with Crippen LogP contribution in [0, 0.1) is 0 Å². The first kappa shape index (κ1) is 33.2. The van der Waals surface area contributed by atoms with E-state index in [-0.39, 0.29) is 0 Å². The highest BCUT2D eigenvalue weighted by atomic mass is 28.4. The molecule has 0 heterocycles. The SMILES string of the molecule is CCCCCCOc1ccc(/C=C/C(=O)[O-])cc1OCCCCCCCC[Si](OCC)(OCC)OCC. The molecule has 7 nitrogen and oxygen atoms in total. The average molecular weight is 538 g/mol. The molecule has 0 amide bonds. The van der Waals surface area contributed by atoms with E-state index < -0.39 is 14.8 Å². The molecule has 1 aromatic rings. The molecule has 0 fully saturated rings. The van der Waals surface area contributed by atoms with Gasteiger partial charge in [0.05, 0.1) is 19.2 Å². The Morgan fingerprint density at radius 2 is 1.30 bits per heavy atom. The second-order valence-corrected chi connectivity index (χ2v) is 11.7. The van der Waals surface area contributed by atoms with Gasteiger partial charge in [0.25, 0.3) is 0 Å². The summed E-state index contributed by atoms with van der Waals surface area (Å²) in [5, 5.41) is 10.8. The first-order valence-corrected chi connectivity index (χ1v) is 16.1. The number of carboxylic acid groups (broad SMARTS) is 1. The van der Waals surface area contributed by atoms with Crippen molar-refractivity contribution >= 4 is 20.8 Å². The fourth-order valence-electron chi connectivity index (χ4n) is 4.07. The lowest BCUT2D eigenvalue weighted by molar-refractivity contribution is -0.297. The fourth-order valence-corrected chi connectivity index (χ4v) is 6.76. The molecule has 1 aromatic carbocycles. The van der Waals surface area contributed by atoms with Gasteiger partial charge in [0, 0.05) is 25.9 Å². The lowest BCUT2D eigenvalue weighted by Gasteiger charge is -2.28. The van der Waals surface area contributed by atoms with Gasteiger partial charge in [-0.2, -0.15) is 0 Å². The standard InChI is InChI=1S/C29H50O7Si/c1-5-9-10-15-22-32-27-20-18-26(19-21-29(30)31)25-28(27)33-23-16-13-11-12-14-17-24-37(34-6-2,35-7-3)36-8-4/h18-21,25H,5-17,22-24H2,1-4H3,(H,30,31)/p-1/b21-19+. The van der Waals surface area contributed by atoms with Crippen molar-refractivity contribution in [3.63, 3.8) is 0 Å². The van der Waals surface area contributed by atoms with E-state index in [4.69, 9.17) is 22.8 Å². The normalized spacial score (nSPS) is 11.8. The zero-order valence-electron chi connectivity index (χ0n) is 23.6. The molecule has 0 aliphatic carbocycles. The minimum absolute atomic E-state index is 0.592. The molecular weight excluding hydrogens is 488 g/mol. The Kier molecular flexibility index (Phi) is 18.9. The quantitative estimate of drug-likeness (QED) is 0.0884. The number of carbonyl (C=O) groups is 1. The predicted molar refractivity (Wildman–Crippen MR) is 149 cm³/mol. The average Bonchev–Trinajstić information content (AvgIpc) is 2.87. The molecule has 0 spiro atoms. The highest BCUT2D eigenvalue weighted by molar-refractivity contribution is 6.60. The monoisotopic (exact) mass is 537 g/mol. The smallest absolute Gasteiger partial charge is 0.500 e. The minimum atomic E-state index is -2.53. The molecule has 0 N–H and O–H groups in total. The molecule has 8 heteroatoms. The summed E-state index contributed by atoms with van der Waals surface area (Å²) in [7, 11) is -2.53. The first-order chi connectivity index (χ1) is 18.0. The number of ether oxygens (including phenoxy) is 2. The van der Waals surface area contributed by atoms with Gasteiger partial charge < -0.3 is 32.7 Å². The van der Waals surface area contributed by atoms with E-state index in [1.165, 1.54) is 18.9 Å². The van der Waals surface area contributed by atoms with Crippen LogP contribution in [0.25, 0.3) is 6.08 Å². The maximum Gasteiger partial charge on any atom is 0.500 e. The molecule has 1 rings (SSSR count). The number of carboxylic acids is 1. The molecule has 212 valence electrons. The van der Waals surface area contributed by atoms with Crippen LogP contribution in [0.15, 0.2) is 24.3 Å². The molecular formula is C29H49O7Si-. The highest BCUT2D eigenvalue weighted by Crippen LogP contribution is 2.30. The van der Waals surface area contributed by atoms with Crippen molar-refractivity contribution in [2.24, 2.45) is 0 Å². The summed E-state index contributed by atoms with van der Waals surface area (Å²) >= 11 is 0. The fraction of sp³-hybridized carbons (Fsp3) is 0.690. The first-order valence-electron chi connectivity index (χ1n) is 14.2. The number of rotatable bonds is 24. The van der Waals surface area contributed by atoms with E-state index in [2.05, 4.69) is 6.92 Å². The van der Waals surface area contributed by atoms with Crippen molar-refractivity contribution in [2.45, 2.75) is 97.9 Å². The van der Waals surface area contributed by atoms with Crippen molar-refractivity contribution in [3.05, 3.63) is 29.8 Å². The summed E-state index contributed by atoms with van der Waals surface area (Å²) in [4.78, 5) is 10.8. The van der Waals surface area contributed by atoms with Crippen LogP contribution in [0.5, 0.6) is 11.5 Å². The molecule has 0 bridgehead atoms. The van der Waals surface area contributed by atoms with Crippen molar-refractivity contribution in [2.75, 3.05) is 33.0 Å². The maximum absolute atomic E-state index is 10.8. The molecule has 0 radical (unpaired) electrons. The third-order valence-electron chi connectivity index (χ3n) is 5.86. The number of benzene rings is 1.